The Morgan fingerprint density at radius 3 is 1.71 bits per heavy atom. The van der Waals surface area contributed by atoms with Crippen LogP contribution in [0.5, 0.6) is 0 Å². The molecule has 0 saturated carbocycles. The van der Waals surface area contributed by atoms with Gasteiger partial charge in [0.1, 0.15) is 0 Å². The van der Waals surface area contributed by atoms with E-state index in [1.807, 2.05) is 0 Å². The molecule has 0 unspecified atom stereocenters. The minimum absolute atomic E-state index is 0.185. The molecule has 0 N–H and O–H groups in total. The summed E-state index contributed by atoms with van der Waals surface area (Å²) in [5, 5.41) is 0. The zero-order valence-electron chi connectivity index (χ0n) is 17.7. The molecule has 24 heavy (non-hydrogen) atoms. The number of rotatable bonds is 10. The van der Waals surface area contributed by atoms with E-state index in [0.29, 0.717) is 5.41 Å². The molecule has 1 aromatic rings. The van der Waals surface area contributed by atoms with Crippen LogP contribution < -0.4 is 0 Å². The lowest BCUT2D eigenvalue weighted by atomic mass is 9.87. The molecule has 0 spiro atoms. The topological polar surface area (TPSA) is 4.93 Å². The molecule has 0 aromatic carbocycles. The summed E-state index contributed by atoms with van der Waals surface area (Å²) in [6, 6.07) is 0. The first-order chi connectivity index (χ1) is 11.1. The number of nitrogens with zero attached hydrogens (tertiary/aromatic N) is 1. The van der Waals surface area contributed by atoms with Gasteiger partial charge in [-0.05, 0) is 56.6 Å². The molecule has 0 radical (unpaired) electrons. The first kappa shape index (κ1) is 21.3. The summed E-state index contributed by atoms with van der Waals surface area (Å²) in [5.41, 5.74) is 3.70. The van der Waals surface area contributed by atoms with E-state index in [9.17, 15) is 0 Å². The highest BCUT2D eigenvalue weighted by atomic mass is 15.0. The maximum atomic E-state index is 2.42. The largest absolute Gasteiger partial charge is 0.349 e. The van der Waals surface area contributed by atoms with Gasteiger partial charge in [0.05, 0.1) is 0 Å². The first-order valence-electron chi connectivity index (χ1n) is 10.3. The molecule has 0 aliphatic heterocycles. The fourth-order valence-electron chi connectivity index (χ4n) is 3.33. The molecule has 1 heteroatoms. The van der Waals surface area contributed by atoms with E-state index in [1.54, 1.807) is 11.1 Å². The molecule has 1 aromatic heterocycles. The van der Waals surface area contributed by atoms with Gasteiger partial charge in [-0.15, -0.1) is 0 Å². The Morgan fingerprint density at radius 2 is 1.21 bits per heavy atom. The minimum Gasteiger partial charge on any atom is -0.349 e. The number of hydrogen-bond acceptors (Lipinski definition) is 0. The van der Waals surface area contributed by atoms with E-state index in [2.05, 4.69) is 65.4 Å². The highest BCUT2D eigenvalue weighted by Crippen LogP contribution is 2.27. The minimum atomic E-state index is 0.185. The monoisotopic (exact) mass is 333 g/mol. The van der Waals surface area contributed by atoms with Crippen LogP contribution in [-0.2, 0) is 18.4 Å². The van der Waals surface area contributed by atoms with Crippen molar-refractivity contribution in [1.29, 1.82) is 0 Å². The fourth-order valence-corrected chi connectivity index (χ4v) is 3.33. The summed E-state index contributed by atoms with van der Waals surface area (Å²) in [4.78, 5) is 0. The van der Waals surface area contributed by atoms with Crippen LogP contribution in [0.25, 0.3) is 0 Å². The van der Waals surface area contributed by atoms with E-state index >= 15 is 0 Å². The maximum Gasteiger partial charge on any atom is 0.0355 e. The van der Waals surface area contributed by atoms with Crippen LogP contribution in [0.4, 0.5) is 0 Å². The molecule has 0 saturated heterocycles. The highest BCUT2D eigenvalue weighted by Gasteiger charge is 2.19. The van der Waals surface area contributed by atoms with Crippen molar-refractivity contribution in [2.75, 3.05) is 0 Å². The summed E-state index contributed by atoms with van der Waals surface area (Å²) in [5.74, 6) is 0. The summed E-state index contributed by atoms with van der Waals surface area (Å²) in [6.07, 6.45) is 18.5. The molecule has 1 heterocycles. The van der Waals surface area contributed by atoms with Crippen molar-refractivity contribution < 1.29 is 0 Å². The molecule has 0 aliphatic rings. The van der Waals surface area contributed by atoms with Gasteiger partial charge in [-0.25, -0.2) is 0 Å². The Hall–Kier alpha value is -0.720. The van der Waals surface area contributed by atoms with Crippen molar-refractivity contribution in [2.45, 2.75) is 118 Å². The van der Waals surface area contributed by atoms with Crippen LogP contribution in [0.3, 0.4) is 0 Å². The maximum absolute atomic E-state index is 2.42. The average Bonchev–Trinajstić information content (AvgIpc) is 2.83. The number of aromatic nitrogens is 1. The first-order valence-corrected chi connectivity index (χ1v) is 10.3. The number of unbranched alkanes of at least 4 members (excludes halogenated alkanes) is 7. The Kier molecular flexibility index (Phi) is 8.60. The van der Waals surface area contributed by atoms with Crippen LogP contribution in [0.15, 0.2) is 12.4 Å². The van der Waals surface area contributed by atoms with Crippen molar-refractivity contribution in [3.05, 3.63) is 23.5 Å². The Morgan fingerprint density at radius 1 is 0.708 bits per heavy atom. The predicted molar refractivity (Wildman–Crippen MR) is 109 cm³/mol. The highest BCUT2D eigenvalue weighted by molar-refractivity contribution is 5.26. The molecule has 140 valence electrons. The lowest BCUT2D eigenvalue weighted by Crippen LogP contribution is -2.19. The van der Waals surface area contributed by atoms with Gasteiger partial charge >= 0.3 is 0 Å². The molecule has 0 amide bonds. The lowest BCUT2D eigenvalue weighted by molar-refractivity contribution is 0.391. The van der Waals surface area contributed by atoms with Crippen molar-refractivity contribution in [3.8, 4) is 0 Å². The molecular formula is C23H43N. The van der Waals surface area contributed by atoms with Gasteiger partial charge in [-0.1, -0.05) is 72.6 Å². The predicted octanol–water partition coefficient (Wildman–Crippen LogP) is 7.51. The van der Waals surface area contributed by atoms with E-state index in [-0.39, 0.29) is 5.54 Å². The summed E-state index contributed by atoms with van der Waals surface area (Å²) < 4.78 is 2.42. The molecule has 0 aliphatic carbocycles. The average molecular weight is 334 g/mol. The van der Waals surface area contributed by atoms with E-state index < -0.39 is 0 Å². The van der Waals surface area contributed by atoms with E-state index in [4.69, 9.17) is 0 Å². The molecule has 0 atom stereocenters. The zero-order chi connectivity index (χ0) is 18.2. The van der Waals surface area contributed by atoms with Gasteiger partial charge < -0.3 is 4.57 Å². The van der Waals surface area contributed by atoms with Gasteiger partial charge in [0.25, 0.3) is 0 Å². The standard InChI is InChI=1S/C23H43N/c1-8-9-10-11-12-13-14-15-16-20-18-24(23(5,6)7)19-21(20)17-22(2,3)4/h18-19H,8-17H2,1-7H3. The van der Waals surface area contributed by atoms with Crippen LogP contribution in [0, 0.1) is 5.41 Å². The fraction of sp³-hybridized carbons (Fsp3) is 0.826. The van der Waals surface area contributed by atoms with Gasteiger partial charge in [0.15, 0.2) is 0 Å². The number of hydrogen-bond donors (Lipinski definition) is 0. The van der Waals surface area contributed by atoms with E-state index in [1.165, 1.54) is 64.2 Å². The Labute approximate surface area is 152 Å². The third-order valence-corrected chi connectivity index (χ3v) is 4.80. The third-order valence-electron chi connectivity index (χ3n) is 4.80. The molecule has 0 fully saturated rings. The molecule has 1 nitrogen and oxygen atoms in total. The van der Waals surface area contributed by atoms with Crippen LogP contribution in [-0.4, -0.2) is 4.57 Å². The Balaban J connectivity index is 2.51. The summed E-state index contributed by atoms with van der Waals surface area (Å²) >= 11 is 0. The second kappa shape index (κ2) is 9.68. The van der Waals surface area contributed by atoms with Crippen LogP contribution >= 0.6 is 0 Å². The van der Waals surface area contributed by atoms with Gasteiger partial charge in [-0.2, -0.15) is 0 Å². The number of aryl methyl sites for hydroxylation is 1. The summed E-state index contributed by atoms with van der Waals surface area (Å²) in [7, 11) is 0. The van der Waals surface area contributed by atoms with Crippen molar-refractivity contribution in [2.24, 2.45) is 5.41 Å². The van der Waals surface area contributed by atoms with Crippen LogP contribution in [0.1, 0.15) is 111 Å². The molecular weight excluding hydrogens is 290 g/mol. The van der Waals surface area contributed by atoms with Gasteiger partial charge in [0.2, 0.25) is 0 Å². The summed E-state index contributed by atoms with van der Waals surface area (Å²) in [6.45, 7) is 16.2. The smallest absolute Gasteiger partial charge is 0.0355 e. The molecule has 0 bridgehead atoms. The van der Waals surface area contributed by atoms with Crippen LogP contribution in [0.2, 0.25) is 0 Å². The second-order valence-corrected chi connectivity index (χ2v) is 9.85. The SMILES string of the molecule is CCCCCCCCCCc1cn(C(C)(C)C)cc1CC(C)(C)C. The van der Waals surface area contributed by atoms with E-state index in [0.717, 1.165) is 0 Å². The zero-order valence-corrected chi connectivity index (χ0v) is 17.7. The van der Waals surface area contributed by atoms with Gasteiger partial charge in [-0.3, -0.25) is 0 Å². The second-order valence-electron chi connectivity index (χ2n) is 9.85. The lowest BCUT2D eigenvalue weighted by Gasteiger charge is -2.21. The third kappa shape index (κ3) is 8.40. The quantitative estimate of drug-likeness (QED) is 0.390. The Bertz CT molecular complexity index is 453. The van der Waals surface area contributed by atoms with Crippen molar-refractivity contribution in [1.82, 2.24) is 4.57 Å². The molecule has 1 rings (SSSR count). The van der Waals surface area contributed by atoms with Crippen molar-refractivity contribution in [3.63, 3.8) is 0 Å². The van der Waals surface area contributed by atoms with Crippen molar-refractivity contribution >= 4 is 0 Å². The van der Waals surface area contributed by atoms with Gasteiger partial charge in [0, 0.05) is 17.9 Å². The normalized spacial score (nSPS) is 12.8.